The van der Waals surface area contributed by atoms with Gasteiger partial charge >= 0.3 is 5.97 Å². The second kappa shape index (κ2) is 11.3. The van der Waals surface area contributed by atoms with Crippen LogP contribution in [0.5, 0.6) is 23.0 Å². The Morgan fingerprint density at radius 1 is 0.829 bits per heavy atom. The average molecular weight is 480 g/mol. The third-order valence-electron chi connectivity index (χ3n) is 4.70. The lowest BCUT2D eigenvalue weighted by atomic mass is 10.1. The Hall–Kier alpha value is -4.93. The van der Waals surface area contributed by atoms with Crippen LogP contribution < -0.4 is 18.9 Å². The number of esters is 1. The maximum absolute atomic E-state index is 12.2. The lowest BCUT2D eigenvalue weighted by molar-refractivity contribution is -0.394. The zero-order valence-corrected chi connectivity index (χ0v) is 18.7. The van der Waals surface area contributed by atoms with E-state index in [0.29, 0.717) is 17.1 Å². The average Bonchev–Trinajstić information content (AvgIpc) is 2.86. The molecule has 0 heterocycles. The van der Waals surface area contributed by atoms with E-state index < -0.39 is 21.5 Å². The Bertz CT molecular complexity index is 1270. The zero-order valence-electron chi connectivity index (χ0n) is 18.7. The summed E-state index contributed by atoms with van der Waals surface area (Å²) in [7, 11) is 2.94. The number of non-ortho nitro benzene ring substituents is 1. The first-order valence-electron chi connectivity index (χ1n) is 10.1. The van der Waals surface area contributed by atoms with Crippen molar-refractivity contribution in [3.05, 3.63) is 92.0 Å². The molecule has 3 rings (SSSR count). The minimum Gasteiger partial charge on any atom is -0.497 e. The standard InChI is InChI=1S/C24H20N2O9/c1-32-19-8-10-20(11-9-19)34-15-24(27)35-22-12-4-16(13-23(22)33-2)3-5-17-6-7-18(25(28)29)14-21(17)26(30)31/h3-14H,15H2,1-2H3/b5-3+. The first-order valence-corrected chi connectivity index (χ1v) is 10.1. The lowest BCUT2D eigenvalue weighted by Gasteiger charge is -2.11. The number of methoxy groups -OCH3 is 2. The Morgan fingerprint density at radius 3 is 2.17 bits per heavy atom. The molecule has 0 N–H and O–H groups in total. The fourth-order valence-corrected chi connectivity index (χ4v) is 2.97. The topological polar surface area (TPSA) is 140 Å². The molecule has 0 fully saturated rings. The third-order valence-corrected chi connectivity index (χ3v) is 4.70. The molecule has 3 aromatic carbocycles. The van der Waals surface area contributed by atoms with Crippen molar-refractivity contribution in [2.45, 2.75) is 0 Å². The number of nitrogens with zero attached hydrogens (tertiary/aromatic N) is 2. The smallest absolute Gasteiger partial charge is 0.349 e. The van der Waals surface area contributed by atoms with Gasteiger partial charge in [0.1, 0.15) is 11.5 Å². The summed E-state index contributed by atoms with van der Waals surface area (Å²) in [6.07, 6.45) is 3.01. The molecule has 0 spiro atoms. The van der Waals surface area contributed by atoms with E-state index in [4.69, 9.17) is 18.9 Å². The van der Waals surface area contributed by atoms with Crippen molar-refractivity contribution in [2.24, 2.45) is 0 Å². The molecular weight excluding hydrogens is 460 g/mol. The summed E-state index contributed by atoms with van der Waals surface area (Å²) in [4.78, 5) is 33.0. The van der Waals surface area contributed by atoms with Crippen LogP contribution in [-0.2, 0) is 4.79 Å². The second-order valence-corrected chi connectivity index (χ2v) is 6.94. The first-order chi connectivity index (χ1) is 16.8. The molecule has 0 saturated carbocycles. The van der Waals surface area contributed by atoms with Gasteiger partial charge in [-0.3, -0.25) is 20.2 Å². The highest BCUT2D eigenvalue weighted by Gasteiger charge is 2.18. The van der Waals surface area contributed by atoms with Gasteiger partial charge in [-0.05, 0) is 54.1 Å². The van der Waals surface area contributed by atoms with Crippen LogP contribution in [0.4, 0.5) is 11.4 Å². The summed E-state index contributed by atoms with van der Waals surface area (Å²) in [5.41, 5.74) is -0.00276. The van der Waals surface area contributed by atoms with Crippen molar-refractivity contribution in [1.82, 2.24) is 0 Å². The fraction of sp³-hybridized carbons (Fsp3) is 0.125. The van der Waals surface area contributed by atoms with Crippen molar-refractivity contribution in [2.75, 3.05) is 20.8 Å². The molecule has 0 aliphatic heterocycles. The molecule has 180 valence electrons. The monoisotopic (exact) mass is 480 g/mol. The molecule has 11 heteroatoms. The molecule has 11 nitrogen and oxygen atoms in total. The van der Waals surface area contributed by atoms with E-state index in [-0.39, 0.29) is 29.4 Å². The van der Waals surface area contributed by atoms with E-state index in [9.17, 15) is 25.0 Å². The highest BCUT2D eigenvalue weighted by atomic mass is 16.6. The third kappa shape index (κ3) is 6.54. The van der Waals surface area contributed by atoms with E-state index in [1.54, 1.807) is 49.6 Å². The molecule has 0 atom stereocenters. The van der Waals surface area contributed by atoms with E-state index in [1.807, 2.05) is 0 Å². The van der Waals surface area contributed by atoms with Crippen LogP contribution in [0.15, 0.2) is 60.7 Å². The number of nitro benzene ring substituents is 2. The maximum atomic E-state index is 12.2. The van der Waals surface area contributed by atoms with Crippen molar-refractivity contribution < 1.29 is 33.6 Å². The van der Waals surface area contributed by atoms with E-state index in [1.165, 1.54) is 31.4 Å². The Labute approximate surface area is 199 Å². The molecule has 0 amide bonds. The summed E-state index contributed by atoms with van der Waals surface area (Å²) in [5.74, 6) is 0.888. The summed E-state index contributed by atoms with van der Waals surface area (Å²) < 4.78 is 21.1. The molecule has 3 aromatic rings. The highest BCUT2D eigenvalue weighted by Crippen LogP contribution is 2.30. The number of ether oxygens (including phenoxy) is 4. The number of benzene rings is 3. The van der Waals surface area contributed by atoms with Crippen LogP contribution in [0.1, 0.15) is 11.1 Å². The Kier molecular flexibility index (Phi) is 7.96. The van der Waals surface area contributed by atoms with Crippen LogP contribution >= 0.6 is 0 Å². The van der Waals surface area contributed by atoms with Gasteiger partial charge < -0.3 is 18.9 Å². The molecule has 0 radical (unpaired) electrons. The molecule has 0 bridgehead atoms. The minimum atomic E-state index is -0.701. The summed E-state index contributed by atoms with van der Waals surface area (Å²) >= 11 is 0. The van der Waals surface area contributed by atoms with Crippen molar-refractivity contribution in [3.8, 4) is 23.0 Å². The lowest BCUT2D eigenvalue weighted by Crippen LogP contribution is -2.18. The molecule has 0 aliphatic carbocycles. The van der Waals surface area contributed by atoms with Crippen LogP contribution in [-0.4, -0.2) is 36.6 Å². The van der Waals surface area contributed by atoms with E-state index in [2.05, 4.69) is 0 Å². The number of carbonyl (C=O) groups is 1. The van der Waals surface area contributed by atoms with Crippen molar-refractivity contribution >= 4 is 29.5 Å². The molecule has 0 unspecified atom stereocenters. The van der Waals surface area contributed by atoms with Crippen LogP contribution in [0.3, 0.4) is 0 Å². The van der Waals surface area contributed by atoms with Crippen molar-refractivity contribution in [1.29, 1.82) is 0 Å². The number of rotatable bonds is 10. The largest absolute Gasteiger partial charge is 0.497 e. The molecule has 0 aliphatic rings. The van der Waals surface area contributed by atoms with E-state index >= 15 is 0 Å². The Balaban J connectivity index is 1.70. The number of carbonyl (C=O) groups excluding carboxylic acids is 1. The number of hydrogen-bond acceptors (Lipinski definition) is 9. The summed E-state index contributed by atoms with van der Waals surface area (Å²) in [6.45, 7) is -0.332. The normalized spacial score (nSPS) is 10.6. The molecule has 0 aromatic heterocycles. The van der Waals surface area contributed by atoms with Gasteiger partial charge in [0.2, 0.25) is 0 Å². The second-order valence-electron chi connectivity index (χ2n) is 6.94. The van der Waals surface area contributed by atoms with Gasteiger partial charge in [-0.15, -0.1) is 0 Å². The molecular formula is C24H20N2O9. The van der Waals surface area contributed by atoms with Gasteiger partial charge in [0, 0.05) is 6.07 Å². The zero-order chi connectivity index (χ0) is 25.4. The van der Waals surface area contributed by atoms with Gasteiger partial charge in [0.15, 0.2) is 18.1 Å². The predicted molar refractivity (Wildman–Crippen MR) is 126 cm³/mol. The highest BCUT2D eigenvalue weighted by molar-refractivity contribution is 5.77. The van der Waals surface area contributed by atoms with Crippen LogP contribution in [0, 0.1) is 20.2 Å². The van der Waals surface area contributed by atoms with Crippen molar-refractivity contribution in [3.63, 3.8) is 0 Å². The van der Waals surface area contributed by atoms with E-state index in [0.717, 1.165) is 6.07 Å². The van der Waals surface area contributed by atoms with Crippen LogP contribution in [0.25, 0.3) is 12.2 Å². The van der Waals surface area contributed by atoms with Gasteiger partial charge in [0.25, 0.3) is 11.4 Å². The van der Waals surface area contributed by atoms with Gasteiger partial charge in [-0.25, -0.2) is 4.79 Å². The first kappa shape index (κ1) is 24.7. The SMILES string of the molecule is COc1ccc(OCC(=O)Oc2ccc(/C=C/c3ccc([N+](=O)[O-])cc3[N+](=O)[O-])cc2OC)cc1. The fourth-order valence-electron chi connectivity index (χ4n) is 2.97. The number of hydrogen-bond donors (Lipinski definition) is 0. The van der Waals surface area contributed by atoms with Crippen LogP contribution in [0.2, 0.25) is 0 Å². The van der Waals surface area contributed by atoms with Gasteiger partial charge in [-0.1, -0.05) is 12.1 Å². The van der Waals surface area contributed by atoms with Gasteiger partial charge in [0.05, 0.1) is 35.7 Å². The molecule has 0 saturated heterocycles. The quantitative estimate of drug-likeness (QED) is 0.133. The maximum Gasteiger partial charge on any atom is 0.349 e. The minimum absolute atomic E-state index is 0.161. The molecule has 35 heavy (non-hydrogen) atoms. The number of nitro groups is 2. The summed E-state index contributed by atoms with van der Waals surface area (Å²) in [5, 5.41) is 22.2. The predicted octanol–water partition coefficient (Wildman–Crippen LogP) is 4.68. The summed E-state index contributed by atoms with van der Waals surface area (Å²) in [6, 6.07) is 14.8. The van der Waals surface area contributed by atoms with Gasteiger partial charge in [-0.2, -0.15) is 0 Å². The Morgan fingerprint density at radius 2 is 1.54 bits per heavy atom.